The van der Waals surface area contributed by atoms with Gasteiger partial charge in [0.15, 0.2) is 0 Å². The van der Waals surface area contributed by atoms with Crippen molar-refractivity contribution in [3.8, 4) is 5.88 Å². The average molecular weight is 300 g/mol. The summed E-state index contributed by atoms with van der Waals surface area (Å²) in [6.45, 7) is 2.18. The minimum atomic E-state index is -0.0388. The minimum absolute atomic E-state index is 0.0388. The molecule has 2 rings (SSSR count). The summed E-state index contributed by atoms with van der Waals surface area (Å²) in [7, 11) is 0. The SMILES string of the molecule is CC1CCCCC1Oc1ncc(Br)cc1CO. The molecule has 0 aliphatic heterocycles. The van der Waals surface area contributed by atoms with Gasteiger partial charge >= 0.3 is 0 Å². The van der Waals surface area contributed by atoms with Gasteiger partial charge in [-0.05, 0) is 47.2 Å². The summed E-state index contributed by atoms with van der Waals surface area (Å²) in [5, 5.41) is 9.30. The predicted molar refractivity (Wildman–Crippen MR) is 69.9 cm³/mol. The Hall–Kier alpha value is -0.610. The third kappa shape index (κ3) is 3.19. The van der Waals surface area contributed by atoms with Crippen LogP contribution in [0.4, 0.5) is 0 Å². The third-order valence-electron chi connectivity index (χ3n) is 3.36. The van der Waals surface area contributed by atoms with Crippen LogP contribution in [0.15, 0.2) is 16.7 Å². The van der Waals surface area contributed by atoms with Gasteiger partial charge in [-0.3, -0.25) is 0 Å². The van der Waals surface area contributed by atoms with Crippen LogP contribution >= 0.6 is 15.9 Å². The number of hydrogen-bond acceptors (Lipinski definition) is 3. The molecule has 1 aliphatic rings. The molecule has 0 bridgehead atoms. The van der Waals surface area contributed by atoms with Crippen molar-refractivity contribution in [1.29, 1.82) is 0 Å². The average Bonchev–Trinajstić information content (AvgIpc) is 2.34. The number of halogens is 1. The van der Waals surface area contributed by atoms with Crippen molar-refractivity contribution in [2.75, 3.05) is 0 Å². The number of aliphatic hydroxyl groups excluding tert-OH is 1. The summed E-state index contributed by atoms with van der Waals surface area (Å²) in [6, 6.07) is 1.86. The topological polar surface area (TPSA) is 42.4 Å². The highest BCUT2D eigenvalue weighted by molar-refractivity contribution is 9.10. The molecule has 0 saturated heterocycles. The molecular formula is C13H18BrNO2. The Kier molecular flexibility index (Phi) is 4.40. The van der Waals surface area contributed by atoms with E-state index in [1.165, 1.54) is 19.3 Å². The Labute approximate surface area is 110 Å². The van der Waals surface area contributed by atoms with Gasteiger partial charge in [-0.2, -0.15) is 0 Å². The Morgan fingerprint density at radius 3 is 2.94 bits per heavy atom. The number of nitrogens with zero attached hydrogens (tertiary/aromatic N) is 1. The van der Waals surface area contributed by atoms with E-state index in [1.54, 1.807) is 6.20 Å². The molecule has 1 heterocycles. The van der Waals surface area contributed by atoms with Crippen LogP contribution in [0.5, 0.6) is 5.88 Å². The lowest BCUT2D eigenvalue weighted by molar-refractivity contribution is 0.0944. The standard InChI is InChI=1S/C13H18BrNO2/c1-9-4-2-3-5-12(9)17-13-10(8-16)6-11(14)7-15-13/h6-7,9,12,16H,2-5,8H2,1H3. The molecule has 0 spiro atoms. The van der Waals surface area contributed by atoms with Gasteiger partial charge in [0.2, 0.25) is 5.88 Å². The van der Waals surface area contributed by atoms with Crippen molar-refractivity contribution in [1.82, 2.24) is 4.98 Å². The van der Waals surface area contributed by atoms with Crippen LogP contribution in [0.1, 0.15) is 38.2 Å². The van der Waals surface area contributed by atoms with Gasteiger partial charge in [-0.25, -0.2) is 4.98 Å². The Balaban J connectivity index is 2.11. The maximum absolute atomic E-state index is 9.30. The quantitative estimate of drug-likeness (QED) is 0.931. The Morgan fingerprint density at radius 1 is 1.47 bits per heavy atom. The molecule has 1 saturated carbocycles. The second kappa shape index (κ2) is 5.83. The molecule has 1 aliphatic carbocycles. The lowest BCUT2D eigenvalue weighted by atomic mass is 9.88. The summed E-state index contributed by atoms with van der Waals surface area (Å²) in [6.07, 6.45) is 6.77. The van der Waals surface area contributed by atoms with E-state index < -0.39 is 0 Å². The summed E-state index contributed by atoms with van der Waals surface area (Å²) in [5.74, 6) is 1.15. The summed E-state index contributed by atoms with van der Waals surface area (Å²) < 4.78 is 6.82. The minimum Gasteiger partial charge on any atom is -0.474 e. The van der Waals surface area contributed by atoms with Gasteiger partial charge in [0, 0.05) is 16.2 Å². The van der Waals surface area contributed by atoms with Crippen molar-refractivity contribution in [2.45, 2.75) is 45.3 Å². The Bertz CT molecular complexity index is 384. The molecule has 0 radical (unpaired) electrons. The summed E-state index contributed by atoms with van der Waals surface area (Å²) >= 11 is 3.35. The molecule has 0 aromatic carbocycles. The highest BCUT2D eigenvalue weighted by Crippen LogP contribution is 2.29. The van der Waals surface area contributed by atoms with Crippen molar-refractivity contribution in [3.63, 3.8) is 0 Å². The number of aliphatic hydroxyl groups is 1. The normalized spacial score (nSPS) is 24.6. The molecule has 4 heteroatoms. The largest absolute Gasteiger partial charge is 0.474 e. The molecule has 2 atom stereocenters. The van der Waals surface area contributed by atoms with E-state index in [0.29, 0.717) is 11.8 Å². The van der Waals surface area contributed by atoms with Gasteiger partial charge in [0.05, 0.1) is 6.61 Å². The molecular weight excluding hydrogens is 282 g/mol. The molecule has 2 unspecified atom stereocenters. The zero-order valence-corrected chi connectivity index (χ0v) is 11.6. The second-order valence-corrected chi connectivity index (χ2v) is 5.61. The van der Waals surface area contributed by atoms with Gasteiger partial charge in [-0.15, -0.1) is 0 Å². The molecule has 17 heavy (non-hydrogen) atoms. The van der Waals surface area contributed by atoms with Crippen LogP contribution in [0, 0.1) is 5.92 Å². The van der Waals surface area contributed by atoms with Crippen molar-refractivity contribution in [3.05, 3.63) is 22.3 Å². The van der Waals surface area contributed by atoms with E-state index in [2.05, 4.69) is 27.8 Å². The van der Waals surface area contributed by atoms with E-state index in [-0.39, 0.29) is 12.7 Å². The van der Waals surface area contributed by atoms with Crippen LogP contribution in [-0.2, 0) is 6.61 Å². The highest BCUT2D eigenvalue weighted by atomic mass is 79.9. The van der Waals surface area contributed by atoms with Crippen LogP contribution in [-0.4, -0.2) is 16.2 Å². The highest BCUT2D eigenvalue weighted by Gasteiger charge is 2.24. The van der Waals surface area contributed by atoms with Gasteiger partial charge in [-0.1, -0.05) is 13.3 Å². The fourth-order valence-electron chi connectivity index (χ4n) is 2.29. The van der Waals surface area contributed by atoms with E-state index in [1.807, 2.05) is 6.07 Å². The van der Waals surface area contributed by atoms with Crippen molar-refractivity contribution >= 4 is 15.9 Å². The lowest BCUT2D eigenvalue weighted by Crippen LogP contribution is -2.29. The van der Waals surface area contributed by atoms with Gasteiger partial charge < -0.3 is 9.84 Å². The van der Waals surface area contributed by atoms with E-state index in [4.69, 9.17) is 4.74 Å². The molecule has 94 valence electrons. The van der Waals surface area contributed by atoms with E-state index in [0.717, 1.165) is 16.5 Å². The molecule has 3 nitrogen and oxygen atoms in total. The van der Waals surface area contributed by atoms with Crippen LogP contribution < -0.4 is 4.74 Å². The first-order chi connectivity index (χ1) is 8.20. The number of pyridine rings is 1. The first-order valence-corrected chi connectivity index (χ1v) is 6.92. The Morgan fingerprint density at radius 2 is 2.24 bits per heavy atom. The third-order valence-corrected chi connectivity index (χ3v) is 3.79. The molecule has 0 amide bonds. The number of hydrogen-bond donors (Lipinski definition) is 1. The maximum atomic E-state index is 9.30. The zero-order valence-electron chi connectivity index (χ0n) is 10.0. The van der Waals surface area contributed by atoms with Crippen molar-refractivity contribution in [2.24, 2.45) is 5.92 Å². The fraction of sp³-hybridized carbons (Fsp3) is 0.615. The maximum Gasteiger partial charge on any atom is 0.219 e. The van der Waals surface area contributed by atoms with E-state index in [9.17, 15) is 5.11 Å². The summed E-state index contributed by atoms with van der Waals surface area (Å²) in [4.78, 5) is 4.25. The van der Waals surface area contributed by atoms with E-state index >= 15 is 0 Å². The zero-order chi connectivity index (χ0) is 12.3. The lowest BCUT2D eigenvalue weighted by Gasteiger charge is -2.29. The monoisotopic (exact) mass is 299 g/mol. The number of ether oxygens (including phenoxy) is 1. The van der Waals surface area contributed by atoms with Crippen LogP contribution in [0.2, 0.25) is 0 Å². The smallest absolute Gasteiger partial charge is 0.219 e. The molecule has 1 aromatic rings. The second-order valence-electron chi connectivity index (χ2n) is 4.69. The van der Waals surface area contributed by atoms with Gasteiger partial charge in [0.1, 0.15) is 6.10 Å². The molecule has 1 aromatic heterocycles. The molecule has 1 N–H and O–H groups in total. The number of aromatic nitrogens is 1. The molecule has 1 fully saturated rings. The first-order valence-electron chi connectivity index (χ1n) is 6.12. The summed E-state index contributed by atoms with van der Waals surface area (Å²) in [5.41, 5.74) is 0.747. The fourth-order valence-corrected chi connectivity index (χ4v) is 2.67. The predicted octanol–water partition coefficient (Wildman–Crippen LogP) is 3.29. The van der Waals surface area contributed by atoms with Gasteiger partial charge in [0.25, 0.3) is 0 Å². The first kappa shape index (κ1) is 12.8. The van der Waals surface area contributed by atoms with Crippen LogP contribution in [0.25, 0.3) is 0 Å². The van der Waals surface area contributed by atoms with Crippen molar-refractivity contribution < 1.29 is 9.84 Å². The number of rotatable bonds is 3. The van der Waals surface area contributed by atoms with Crippen LogP contribution in [0.3, 0.4) is 0 Å².